The number of rotatable bonds is 13. The van der Waals surface area contributed by atoms with Gasteiger partial charge < -0.3 is 14.6 Å². The lowest BCUT2D eigenvalue weighted by Gasteiger charge is -2.62. The Morgan fingerprint density at radius 1 is 1.16 bits per heavy atom. The van der Waals surface area contributed by atoms with Crippen LogP contribution in [0.5, 0.6) is 11.5 Å². The number of aliphatic hydroxyl groups is 1. The molecule has 0 unspecified atom stereocenters. The maximum absolute atomic E-state index is 13.1. The summed E-state index contributed by atoms with van der Waals surface area (Å²) in [5, 5.41) is 12.2. The summed E-state index contributed by atoms with van der Waals surface area (Å²) in [6.07, 6.45) is 14.4. The summed E-state index contributed by atoms with van der Waals surface area (Å²) in [5.74, 6) is 0.681. The number of carbonyl (C=O) groups excluding carboxylic acids is 2. The van der Waals surface area contributed by atoms with E-state index in [4.69, 9.17) is 9.47 Å². The van der Waals surface area contributed by atoms with Crippen LogP contribution >= 0.6 is 0 Å². The highest BCUT2D eigenvalue weighted by Crippen LogP contribution is 2.64. The minimum atomic E-state index is -1.05. The number of unbranched alkanes of at least 4 members (excludes halogenated alkanes) is 8. The molecule has 1 N–H and O–H groups in total. The summed E-state index contributed by atoms with van der Waals surface area (Å²) in [7, 11) is 0. The van der Waals surface area contributed by atoms with Crippen molar-refractivity contribution in [1.82, 2.24) is 4.90 Å². The Bertz CT molecular complexity index is 1040. The molecule has 0 radical (unpaired) electrons. The Hall–Kier alpha value is -2.18. The Balaban J connectivity index is 1.28. The van der Waals surface area contributed by atoms with Gasteiger partial charge in [-0.3, -0.25) is 14.5 Å². The maximum atomic E-state index is 13.1. The monoisotopic (exact) mass is 509 g/mol. The van der Waals surface area contributed by atoms with E-state index in [0.29, 0.717) is 50.1 Å². The van der Waals surface area contributed by atoms with Crippen molar-refractivity contribution in [3.05, 3.63) is 35.9 Å². The van der Waals surface area contributed by atoms with E-state index in [-0.39, 0.29) is 17.8 Å². The zero-order valence-corrected chi connectivity index (χ0v) is 22.4. The van der Waals surface area contributed by atoms with Gasteiger partial charge in [-0.25, -0.2) is 0 Å². The topological polar surface area (TPSA) is 76.1 Å². The van der Waals surface area contributed by atoms with Crippen molar-refractivity contribution in [2.45, 2.75) is 120 Å². The molecule has 4 aliphatic rings. The van der Waals surface area contributed by atoms with Crippen molar-refractivity contribution in [3.8, 4) is 11.5 Å². The molecule has 1 saturated carbocycles. The van der Waals surface area contributed by atoms with Gasteiger partial charge in [0.25, 0.3) is 0 Å². The molecule has 2 aliphatic carbocycles. The normalized spacial score (nSPS) is 29.5. The molecule has 2 fully saturated rings. The minimum Gasteiger partial charge on any atom is -0.477 e. The molecule has 0 amide bonds. The predicted octanol–water partition coefficient (Wildman–Crippen LogP) is 5.42. The molecule has 2 heterocycles. The molecular weight excluding hydrogens is 466 g/mol. The average Bonchev–Trinajstić information content (AvgIpc) is 3.24. The fraction of sp³-hybridized carbons (Fsp3) is 0.677. The molecule has 1 aromatic carbocycles. The first kappa shape index (κ1) is 26.4. The van der Waals surface area contributed by atoms with Crippen LogP contribution in [0.3, 0.4) is 0 Å². The molecule has 202 valence electrons. The van der Waals surface area contributed by atoms with Crippen LogP contribution in [0.25, 0.3) is 0 Å². The number of nitrogens with zero attached hydrogens (tertiary/aromatic N) is 1. The molecule has 5 rings (SSSR count). The second kappa shape index (κ2) is 10.9. The second-order valence-corrected chi connectivity index (χ2v) is 11.6. The van der Waals surface area contributed by atoms with Crippen molar-refractivity contribution in [1.29, 1.82) is 0 Å². The molecule has 2 aliphatic heterocycles. The van der Waals surface area contributed by atoms with Gasteiger partial charge in [0.1, 0.15) is 0 Å². The second-order valence-electron chi connectivity index (χ2n) is 11.6. The van der Waals surface area contributed by atoms with Crippen LogP contribution in [-0.4, -0.2) is 52.6 Å². The molecule has 1 aromatic rings. The molecule has 37 heavy (non-hydrogen) atoms. The van der Waals surface area contributed by atoms with Gasteiger partial charge in [-0.2, -0.15) is 0 Å². The number of esters is 1. The van der Waals surface area contributed by atoms with Crippen LogP contribution in [0, 0.1) is 0 Å². The highest BCUT2D eigenvalue weighted by atomic mass is 16.6. The van der Waals surface area contributed by atoms with Gasteiger partial charge in [-0.1, -0.05) is 70.4 Å². The average molecular weight is 510 g/mol. The lowest BCUT2D eigenvalue weighted by atomic mass is 9.49. The van der Waals surface area contributed by atoms with Crippen molar-refractivity contribution < 1.29 is 24.2 Å². The highest BCUT2D eigenvalue weighted by Gasteiger charge is 2.73. The first-order valence-corrected chi connectivity index (χ1v) is 14.6. The van der Waals surface area contributed by atoms with Gasteiger partial charge in [-0.15, -0.1) is 6.58 Å². The minimum absolute atomic E-state index is 0.0385. The fourth-order valence-electron chi connectivity index (χ4n) is 7.62. The van der Waals surface area contributed by atoms with E-state index in [0.717, 1.165) is 36.9 Å². The summed E-state index contributed by atoms with van der Waals surface area (Å²) >= 11 is 0. The van der Waals surface area contributed by atoms with Crippen LogP contribution in [-0.2, 0) is 21.4 Å². The third-order valence-electron chi connectivity index (χ3n) is 9.43. The van der Waals surface area contributed by atoms with Crippen LogP contribution in [0.15, 0.2) is 24.8 Å². The number of hydrogen-bond donors (Lipinski definition) is 1. The maximum Gasteiger partial charge on any atom is 0.311 e. The Morgan fingerprint density at radius 2 is 1.89 bits per heavy atom. The van der Waals surface area contributed by atoms with Crippen molar-refractivity contribution >= 4 is 11.8 Å². The third kappa shape index (κ3) is 4.44. The van der Waals surface area contributed by atoms with Gasteiger partial charge in [0, 0.05) is 37.5 Å². The molecule has 6 heteroatoms. The summed E-state index contributed by atoms with van der Waals surface area (Å²) < 4.78 is 12.2. The predicted molar refractivity (Wildman–Crippen MR) is 143 cm³/mol. The van der Waals surface area contributed by atoms with Gasteiger partial charge in [0.15, 0.2) is 23.4 Å². The number of hydrogen-bond acceptors (Lipinski definition) is 6. The molecule has 1 saturated heterocycles. The van der Waals surface area contributed by atoms with E-state index in [9.17, 15) is 14.7 Å². The molecule has 6 nitrogen and oxygen atoms in total. The SMILES string of the molecule is C=CCN1CC[C@]23c4c5ccc(OC(=O)CCCCCCCCCCC)c4O[C@@H]2C(=O)CC[C@@]3(O)[C@H]1C5. The van der Waals surface area contributed by atoms with E-state index in [1.807, 2.05) is 18.2 Å². The number of likely N-dealkylation sites (tertiary alicyclic amines) is 1. The summed E-state index contributed by atoms with van der Waals surface area (Å²) in [5.41, 5.74) is 0.183. The van der Waals surface area contributed by atoms with Gasteiger partial charge in [0.05, 0.1) is 11.0 Å². The quantitative estimate of drug-likeness (QED) is 0.166. The summed E-state index contributed by atoms with van der Waals surface area (Å²) in [6.45, 7) is 7.62. The van der Waals surface area contributed by atoms with Gasteiger partial charge in [-0.05, 0) is 37.3 Å². The number of ether oxygens (including phenoxy) is 2. The number of ketones is 1. The zero-order chi connectivity index (χ0) is 26.0. The number of piperidine rings is 1. The van der Waals surface area contributed by atoms with Crippen LogP contribution in [0.2, 0.25) is 0 Å². The van der Waals surface area contributed by atoms with E-state index < -0.39 is 17.1 Å². The van der Waals surface area contributed by atoms with E-state index in [1.165, 1.54) is 38.5 Å². The van der Waals surface area contributed by atoms with E-state index >= 15 is 0 Å². The van der Waals surface area contributed by atoms with Crippen molar-refractivity contribution in [2.75, 3.05) is 13.1 Å². The van der Waals surface area contributed by atoms with Crippen molar-refractivity contribution in [2.24, 2.45) is 0 Å². The summed E-state index contributed by atoms with van der Waals surface area (Å²) in [4.78, 5) is 28.2. The summed E-state index contributed by atoms with van der Waals surface area (Å²) in [6, 6.07) is 3.74. The first-order valence-electron chi connectivity index (χ1n) is 14.6. The first-order chi connectivity index (χ1) is 18.0. The van der Waals surface area contributed by atoms with Crippen LogP contribution in [0.4, 0.5) is 0 Å². The number of carbonyl (C=O) groups is 2. The standard InChI is InChI=1S/C31H43NO5/c1-3-5-6-7-8-9-10-11-12-13-26(34)36-24-15-14-22-21-25-31(35)17-16-23(33)29-30(31,27(22)28(24)37-29)18-20-32(25)19-4-2/h4,14-15,25,29,35H,2-3,5-13,16-21H2,1H3/t25-,29-,30+,31-/m1/s1. The highest BCUT2D eigenvalue weighted by molar-refractivity contribution is 5.90. The van der Waals surface area contributed by atoms with E-state index in [1.54, 1.807) is 0 Å². The van der Waals surface area contributed by atoms with Gasteiger partial charge in [0.2, 0.25) is 0 Å². The lowest BCUT2D eigenvalue weighted by molar-refractivity contribution is -0.187. The Kier molecular flexibility index (Phi) is 7.78. The molecule has 4 atom stereocenters. The molecule has 0 aromatic heterocycles. The third-order valence-corrected chi connectivity index (χ3v) is 9.43. The number of benzene rings is 1. The largest absolute Gasteiger partial charge is 0.477 e. The lowest BCUT2D eigenvalue weighted by Crippen LogP contribution is -2.76. The van der Waals surface area contributed by atoms with Gasteiger partial charge >= 0.3 is 5.97 Å². The van der Waals surface area contributed by atoms with Crippen molar-refractivity contribution in [3.63, 3.8) is 0 Å². The molecular formula is C31H43NO5. The van der Waals surface area contributed by atoms with Crippen LogP contribution in [0.1, 0.15) is 102 Å². The number of Topliss-reactive ketones (excluding diaryl/α,β-unsaturated/α-hetero) is 1. The zero-order valence-electron chi connectivity index (χ0n) is 22.4. The van der Waals surface area contributed by atoms with Crippen LogP contribution < -0.4 is 9.47 Å². The van der Waals surface area contributed by atoms with E-state index in [2.05, 4.69) is 18.4 Å². The fourth-order valence-corrected chi connectivity index (χ4v) is 7.62. The Morgan fingerprint density at radius 3 is 2.62 bits per heavy atom. The smallest absolute Gasteiger partial charge is 0.311 e. The molecule has 1 spiro atoms. The Labute approximate surface area is 221 Å². The molecule has 2 bridgehead atoms.